The van der Waals surface area contributed by atoms with Gasteiger partial charge in [-0.25, -0.2) is 0 Å². The quantitative estimate of drug-likeness (QED) is 0.546. The van der Waals surface area contributed by atoms with E-state index in [9.17, 15) is 0 Å². The molecule has 0 saturated carbocycles. The molecule has 1 saturated heterocycles. The fraction of sp³-hybridized carbons (Fsp3) is 0.917. The summed E-state index contributed by atoms with van der Waals surface area (Å²) < 4.78 is 4.95. The Kier molecular flexibility index (Phi) is 7.48. The molecule has 0 aromatic heterocycles. The van der Waals surface area contributed by atoms with E-state index in [0.717, 1.165) is 24.1 Å². The second-order valence-corrected chi connectivity index (χ2v) is 5.12. The summed E-state index contributed by atoms with van der Waals surface area (Å²) in [6, 6.07) is 0. The van der Waals surface area contributed by atoms with Crippen LogP contribution in [0.2, 0.25) is 0 Å². The number of hydrogen-bond acceptors (Lipinski definition) is 3. The van der Waals surface area contributed by atoms with Crippen molar-refractivity contribution >= 4 is 17.3 Å². The van der Waals surface area contributed by atoms with E-state index in [2.05, 4.69) is 22.6 Å². The van der Waals surface area contributed by atoms with Gasteiger partial charge in [-0.1, -0.05) is 0 Å². The molecule has 0 unspecified atom stereocenters. The summed E-state index contributed by atoms with van der Waals surface area (Å²) >= 11 is 5.17. The van der Waals surface area contributed by atoms with Gasteiger partial charge in [0.15, 0.2) is 5.11 Å². The molecule has 0 spiro atoms. The predicted octanol–water partition coefficient (Wildman–Crippen LogP) is 0.829. The molecule has 0 aliphatic carbocycles. The van der Waals surface area contributed by atoms with Crippen LogP contribution in [0.4, 0.5) is 0 Å². The second kappa shape index (κ2) is 8.66. The molecule has 0 aromatic carbocycles. The molecule has 0 atom stereocenters. The molecule has 0 bridgehead atoms. The van der Waals surface area contributed by atoms with Crippen LogP contribution in [-0.2, 0) is 4.74 Å². The number of methoxy groups -OCH3 is 1. The van der Waals surface area contributed by atoms with Crippen molar-refractivity contribution in [1.82, 2.24) is 15.5 Å². The van der Waals surface area contributed by atoms with Crippen LogP contribution in [0.3, 0.4) is 0 Å². The zero-order valence-corrected chi connectivity index (χ0v) is 11.8. The zero-order chi connectivity index (χ0) is 12.5. The topological polar surface area (TPSA) is 36.5 Å². The smallest absolute Gasteiger partial charge is 0.166 e. The number of rotatable bonds is 6. The van der Waals surface area contributed by atoms with Gasteiger partial charge in [-0.15, -0.1) is 0 Å². The normalized spacial score (nSPS) is 18.0. The minimum absolute atomic E-state index is 0.691. The van der Waals surface area contributed by atoms with E-state index in [-0.39, 0.29) is 0 Å². The number of piperidine rings is 1. The first kappa shape index (κ1) is 14.7. The molecule has 5 heteroatoms. The van der Waals surface area contributed by atoms with Gasteiger partial charge in [0.1, 0.15) is 0 Å². The summed E-state index contributed by atoms with van der Waals surface area (Å²) in [6.45, 7) is 4.92. The first-order valence-corrected chi connectivity index (χ1v) is 6.82. The lowest BCUT2D eigenvalue weighted by Gasteiger charge is -2.29. The maximum Gasteiger partial charge on any atom is 0.166 e. The molecule has 2 N–H and O–H groups in total. The Morgan fingerprint density at radius 2 is 1.94 bits per heavy atom. The summed E-state index contributed by atoms with van der Waals surface area (Å²) in [6.07, 6.45) is 3.87. The maximum absolute atomic E-state index is 5.17. The Morgan fingerprint density at radius 3 is 2.59 bits per heavy atom. The van der Waals surface area contributed by atoms with Crippen molar-refractivity contribution in [1.29, 1.82) is 0 Å². The third-order valence-electron chi connectivity index (χ3n) is 3.27. The summed E-state index contributed by atoms with van der Waals surface area (Å²) in [5.41, 5.74) is 0. The largest absolute Gasteiger partial charge is 0.383 e. The lowest BCUT2D eigenvalue weighted by molar-refractivity contribution is 0.203. The van der Waals surface area contributed by atoms with Gasteiger partial charge in [0.2, 0.25) is 0 Å². The van der Waals surface area contributed by atoms with Gasteiger partial charge in [-0.2, -0.15) is 0 Å². The van der Waals surface area contributed by atoms with Gasteiger partial charge in [-0.3, -0.25) is 0 Å². The van der Waals surface area contributed by atoms with Gasteiger partial charge < -0.3 is 20.3 Å². The number of ether oxygens (including phenoxy) is 1. The molecule has 17 heavy (non-hydrogen) atoms. The van der Waals surface area contributed by atoms with Gasteiger partial charge in [0, 0.05) is 20.2 Å². The monoisotopic (exact) mass is 259 g/mol. The highest BCUT2D eigenvalue weighted by atomic mass is 32.1. The molecule has 0 aromatic rings. The van der Waals surface area contributed by atoms with Crippen molar-refractivity contribution in [3.8, 4) is 0 Å². The molecule has 1 heterocycles. The molecule has 0 amide bonds. The Labute approximate surface area is 110 Å². The fourth-order valence-corrected chi connectivity index (χ4v) is 2.27. The van der Waals surface area contributed by atoms with Crippen LogP contribution in [0.5, 0.6) is 0 Å². The van der Waals surface area contributed by atoms with Gasteiger partial charge in [0.25, 0.3) is 0 Å². The minimum Gasteiger partial charge on any atom is -0.383 e. The van der Waals surface area contributed by atoms with E-state index >= 15 is 0 Å². The minimum atomic E-state index is 0.691. The molecule has 1 rings (SSSR count). The fourth-order valence-electron chi connectivity index (χ4n) is 2.07. The Hall–Kier alpha value is -0.390. The molecule has 0 radical (unpaired) electrons. The molecule has 4 nitrogen and oxygen atoms in total. The third-order valence-corrected chi connectivity index (χ3v) is 3.56. The lowest BCUT2D eigenvalue weighted by Crippen LogP contribution is -2.38. The van der Waals surface area contributed by atoms with Crippen molar-refractivity contribution in [2.24, 2.45) is 5.92 Å². The van der Waals surface area contributed by atoms with Crippen LogP contribution in [0.25, 0.3) is 0 Å². The molecule has 100 valence electrons. The third kappa shape index (κ3) is 6.81. The van der Waals surface area contributed by atoms with Crippen LogP contribution in [0.1, 0.15) is 19.3 Å². The van der Waals surface area contributed by atoms with E-state index in [4.69, 9.17) is 17.0 Å². The van der Waals surface area contributed by atoms with Crippen LogP contribution in [0.15, 0.2) is 0 Å². The number of thiocarbonyl (C=S) groups is 1. The van der Waals surface area contributed by atoms with Crippen LogP contribution < -0.4 is 10.6 Å². The second-order valence-electron chi connectivity index (χ2n) is 4.71. The van der Waals surface area contributed by atoms with Crippen molar-refractivity contribution in [2.45, 2.75) is 19.3 Å². The highest BCUT2D eigenvalue weighted by Gasteiger charge is 2.15. The Morgan fingerprint density at radius 1 is 1.29 bits per heavy atom. The summed E-state index contributed by atoms with van der Waals surface area (Å²) in [5, 5.41) is 7.11. The Balaban J connectivity index is 1.97. The molecular formula is C12H25N3OS. The van der Waals surface area contributed by atoms with E-state index in [1.54, 1.807) is 7.11 Å². The van der Waals surface area contributed by atoms with Crippen LogP contribution >= 0.6 is 12.2 Å². The number of nitrogens with zero attached hydrogens (tertiary/aromatic N) is 1. The van der Waals surface area contributed by atoms with Crippen molar-refractivity contribution in [2.75, 3.05) is 46.9 Å². The van der Waals surface area contributed by atoms with Crippen LogP contribution in [-0.4, -0.2) is 57.0 Å². The van der Waals surface area contributed by atoms with Crippen molar-refractivity contribution in [3.05, 3.63) is 0 Å². The SMILES string of the molecule is COCCNC(=S)NCCC1CCN(C)CC1. The molecule has 1 fully saturated rings. The molecule has 1 aliphatic rings. The average molecular weight is 259 g/mol. The van der Waals surface area contributed by atoms with E-state index in [1.165, 1.54) is 32.4 Å². The van der Waals surface area contributed by atoms with Crippen molar-refractivity contribution in [3.63, 3.8) is 0 Å². The van der Waals surface area contributed by atoms with Gasteiger partial charge in [-0.05, 0) is 57.5 Å². The summed E-state index contributed by atoms with van der Waals surface area (Å²) in [5.74, 6) is 0.862. The number of hydrogen-bond donors (Lipinski definition) is 2. The van der Waals surface area contributed by atoms with E-state index in [1.807, 2.05) is 0 Å². The summed E-state index contributed by atoms with van der Waals surface area (Å²) in [7, 11) is 3.89. The lowest BCUT2D eigenvalue weighted by atomic mass is 9.94. The molecule has 1 aliphatic heterocycles. The van der Waals surface area contributed by atoms with Crippen molar-refractivity contribution < 1.29 is 4.74 Å². The average Bonchev–Trinajstić information content (AvgIpc) is 2.32. The Bertz CT molecular complexity index is 218. The zero-order valence-electron chi connectivity index (χ0n) is 11.0. The highest BCUT2D eigenvalue weighted by Crippen LogP contribution is 2.18. The van der Waals surface area contributed by atoms with Crippen LogP contribution in [0, 0.1) is 5.92 Å². The number of nitrogens with one attached hydrogen (secondary N) is 2. The van der Waals surface area contributed by atoms with Gasteiger partial charge in [0.05, 0.1) is 6.61 Å². The summed E-state index contributed by atoms with van der Waals surface area (Å²) in [4.78, 5) is 2.40. The predicted molar refractivity (Wildman–Crippen MR) is 75.3 cm³/mol. The highest BCUT2D eigenvalue weighted by molar-refractivity contribution is 7.80. The molecular weight excluding hydrogens is 234 g/mol. The maximum atomic E-state index is 5.17. The van der Waals surface area contributed by atoms with E-state index < -0.39 is 0 Å². The first-order valence-electron chi connectivity index (χ1n) is 6.41. The standard InChI is InChI=1S/C12H25N3OS/c1-15-8-4-11(5-9-15)3-6-13-12(17)14-7-10-16-2/h11H,3-10H2,1-2H3,(H2,13,14,17). The van der Waals surface area contributed by atoms with Gasteiger partial charge >= 0.3 is 0 Å². The number of likely N-dealkylation sites (tertiary alicyclic amines) is 1. The van der Waals surface area contributed by atoms with E-state index in [0.29, 0.717) is 6.61 Å². The first-order chi connectivity index (χ1) is 8.22.